The maximum absolute atomic E-state index is 5.58. The molecule has 2 heterocycles. The monoisotopic (exact) mass is 254 g/mol. The Labute approximate surface area is 113 Å². The molecule has 19 heavy (non-hydrogen) atoms. The molecule has 0 aliphatic carbocycles. The molecule has 0 bridgehead atoms. The van der Waals surface area contributed by atoms with E-state index in [1.165, 1.54) is 16.8 Å². The lowest BCUT2D eigenvalue weighted by Gasteiger charge is -2.28. The molecule has 98 valence electrons. The molecule has 0 unspecified atom stereocenters. The van der Waals surface area contributed by atoms with E-state index in [0.29, 0.717) is 6.54 Å². The Bertz CT molecular complexity index is 553. The largest absolute Gasteiger partial charge is 0.324 e. The summed E-state index contributed by atoms with van der Waals surface area (Å²) in [5, 5.41) is 0. The molecule has 0 saturated carbocycles. The molecule has 0 radical (unpaired) electrons. The van der Waals surface area contributed by atoms with E-state index in [4.69, 9.17) is 5.73 Å². The number of fused-ring (bicyclic) bond motifs is 1. The minimum Gasteiger partial charge on any atom is -0.324 e. The van der Waals surface area contributed by atoms with Crippen molar-refractivity contribution in [3.05, 3.63) is 59.2 Å². The Hall–Kier alpha value is -1.78. The quantitative estimate of drug-likeness (QED) is 0.901. The van der Waals surface area contributed by atoms with Gasteiger partial charge in [0, 0.05) is 43.5 Å². The van der Waals surface area contributed by atoms with Gasteiger partial charge in [-0.2, -0.15) is 0 Å². The summed E-state index contributed by atoms with van der Waals surface area (Å²) < 4.78 is 0. The SMILES string of the molecule is NCc1ncc2c(n1)CCN(Cc1ccccc1)C2. The summed E-state index contributed by atoms with van der Waals surface area (Å²) in [7, 11) is 0. The second kappa shape index (κ2) is 5.47. The predicted molar refractivity (Wildman–Crippen MR) is 74.2 cm³/mol. The van der Waals surface area contributed by atoms with Crippen molar-refractivity contribution in [2.75, 3.05) is 6.54 Å². The first-order valence-electron chi connectivity index (χ1n) is 6.65. The third-order valence-electron chi connectivity index (χ3n) is 3.49. The number of nitrogens with two attached hydrogens (primary N) is 1. The number of benzene rings is 1. The summed E-state index contributed by atoms with van der Waals surface area (Å²) in [6.45, 7) is 3.37. The van der Waals surface area contributed by atoms with Gasteiger partial charge in [0.15, 0.2) is 0 Å². The van der Waals surface area contributed by atoms with Crippen molar-refractivity contribution in [2.24, 2.45) is 5.73 Å². The smallest absolute Gasteiger partial charge is 0.142 e. The molecule has 1 aromatic heterocycles. The van der Waals surface area contributed by atoms with Crippen LogP contribution in [0.4, 0.5) is 0 Å². The highest BCUT2D eigenvalue weighted by Crippen LogP contribution is 2.18. The first-order valence-corrected chi connectivity index (χ1v) is 6.65. The summed E-state index contributed by atoms with van der Waals surface area (Å²) in [6.07, 6.45) is 2.92. The van der Waals surface area contributed by atoms with Crippen molar-refractivity contribution < 1.29 is 0 Å². The minimum atomic E-state index is 0.418. The van der Waals surface area contributed by atoms with Gasteiger partial charge in [0.2, 0.25) is 0 Å². The highest BCUT2D eigenvalue weighted by molar-refractivity contribution is 5.21. The normalized spacial score (nSPS) is 15.2. The lowest BCUT2D eigenvalue weighted by Crippen LogP contribution is -2.31. The van der Waals surface area contributed by atoms with Crippen molar-refractivity contribution in [1.29, 1.82) is 0 Å². The molecule has 0 saturated heterocycles. The standard InChI is InChI=1S/C15H18N4/c16-8-15-17-9-13-11-19(7-6-14(13)18-15)10-12-4-2-1-3-5-12/h1-5,9H,6-8,10-11,16H2. The molecule has 4 heteroatoms. The summed E-state index contributed by atoms with van der Waals surface area (Å²) in [5.41, 5.74) is 9.33. The molecule has 0 fully saturated rings. The molecule has 0 amide bonds. The van der Waals surface area contributed by atoms with Crippen LogP contribution in [0.5, 0.6) is 0 Å². The Morgan fingerprint density at radius 2 is 2.05 bits per heavy atom. The number of hydrogen-bond donors (Lipinski definition) is 1. The summed E-state index contributed by atoms with van der Waals surface area (Å²) in [5.74, 6) is 0.746. The van der Waals surface area contributed by atoms with Gasteiger partial charge < -0.3 is 5.73 Å². The van der Waals surface area contributed by atoms with Gasteiger partial charge >= 0.3 is 0 Å². The number of rotatable bonds is 3. The highest BCUT2D eigenvalue weighted by atomic mass is 15.1. The van der Waals surface area contributed by atoms with Crippen LogP contribution in [0.2, 0.25) is 0 Å². The molecule has 2 N–H and O–H groups in total. The molecule has 1 aliphatic heterocycles. The molecule has 1 aromatic carbocycles. The average Bonchev–Trinajstić information content (AvgIpc) is 2.48. The van der Waals surface area contributed by atoms with Gasteiger partial charge in [-0.25, -0.2) is 9.97 Å². The van der Waals surface area contributed by atoms with Gasteiger partial charge in [-0.05, 0) is 5.56 Å². The van der Waals surface area contributed by atoms with Crippen LogP contribution < -0.4 is 5.73 Å². The minimum absolute atomic E-state index is 0.418. The van der Waals surface area contributed by atoms with Crippen LogP contribution >= 0.6 is 0 Å². The van der Waals surface area contributed by atoms with Crippen LogP contribution in [-0.2, 0) is 26.1 Å². The number of hydrogen-bond acceptors (Lipinski definition) is 4. The van der Waals surface area contributed by atoms with Gasteiger partial charge in [-0.15, -0.1) is 0 Å². The topological polar surface area (TPSA) is 55.0 Å². The zero-order valence-electron chi connectivity index (χ0n) is 10.9. The molecular weight excluding hydrogens is 236 g/mol. The Kier molecular flexibility index (Phi) is 3.53. The van der Waals surface area contributed by atoms with E-state index in [1.54, 1.807) is 0 Å². The predicted octanol–water partition coefficient (Wildman–Crippen LogP) is 1.49. The Balaban J connectivity index is 1.72. The van der Waals surface area contributed by atoms with E-state index in [2.05, 4.69) is 45.2 Å². The van der Waals surface area contributed by atoms with Crippen molar-refractivity contribution >= 4 is 0 Å². The highest BCUT2D eigenvalue weighted by Gasteiger charge is 2.18. The van der Waals surface area contributed by atoms with E-state index in [-0.39, 0.29) is 0 Å². The average molecular weight is 254 g/mol. The lowest BCUT2D eigenvalue weighted by molar-refractivity contribution is 0.242. The summed E-state index contributed by atoms with van der Waals surface area (Å²) in [6, 6.07) is 10.6. The fourth-order valence-corrected chi connectivity index (χ4v) is 2.49. The number of aromatic nitrogens is 2. The molecule has 4 nitrogen and oxygen atoms in total. The second-order valence-corrected chi connectivity index (χ2v) is 4.91. The summed E-state index contributed by atoms with van der Waals surface area (Å²) >= 11 is 0. The zero-order chi connectivity index (χ0) is 13.1. The van der Waals surface area contributed by atoms with Gasteiger partial charge in [-0.1, -0.05) is 30.3 Å². The van der Waals surface area contributed by atoms with Gasteiger partial charge in [0.05, 0.1) is 6.54 Å². The van der Waals surface area contributed by atoms with E-state index >= 15 is 0 Å². The van der Waals surface area contributed by atoms with Gasteiger partial charge in [-0.3, -0.25) is 4.90 Å². The maximum atomic E-state index is 5.58. The van der Waals surface area contributed by atoms with Crippen molar-refractivity contribution in [2.45, 2.75) is 26.1 Å². The fourth-order valence-electron chi connectivity index (χ4n) is 2.49. The van der Waals surface area contributed by atoms with Gasteiger partial charge in [0.1, 0.15) is 5.82 Å². The van der Waals surface area contributed by atoms with Crippen LogP contribution in [0.15, 0.2) is 36.5 Å². The van der Waals surface area contributed by atoms with Crippen molar-refractivity contribution in [3.63, 3.8) is 0 Å². The van der Waals surface area contributed by atoms with Crippen molar-refractivity contribution in [3.8, 4) is 0 Å². The van der Waals surface area contributed by atoms with E-state index in [0.717, 1.165) is 31.9 Å². The zero-order valence-corrected chi connectivity index (χ0v) is 10.9. The van der Waals surface area contributed by atoms with Crippen LogP contribution in [0.3, 0.4) is 0 Å². The molecule has 3 rings (SSSR count). The molecule has 0 atom stereocenters. The van der Waals surface area contributed by atoms with Crippen LogP contribution in [-0.4, -0.2) is 21.4 Å². The lowest BCUT2D eigenvalue weighted by atomic mass is 10.1. The van der Waals surface area contributed by atoms with E-state index < -0.39 is 0 Å². The van der Waals surface area contributed by atoms with E-state index in [9.17, 15) is 0 Å². The van der Waals surface area contributed by atoms with Crippen molar-refractivity contribution in [1.82, 2.24) is 14.9 Å². The molecular formula is C15H18N4. The van der Waals surface area contributed by atoms with Gasteiger partial charge in [0.25, 0.3) is 0 Å². The third kappa shape index (κ3) is 2.80. The van der Waals surface area contributed by atoms with E-state index in [1.807, 2.05) is 6.20 Å². The Morgan fingerprint density at radius 3 is 2.84 bits per heavy atom. The van der Waals surface area contributed by atoms with Crippen LogP contribution in [0.25, 0.3) is 0 Å². The van der Waals surface area contributed by atoms with Crippen LogP contribution in [0, 0.1) is 0 Å². The third-order valence-corrected chi connectivity index (χ3v) is 3.49. The maximum Gasteiger partial charge on any atom is 0.142 e. The first kappa shape index (κ1) is 12.3. The first-order chi connectivity index (χ1) is 9.35. The molecule has 0 spiro atoms. The number of nitrogens with zero attached hydrogens (tertiary/aromatic N) is 3. The summed E-state index contributed by atoms with van der Waals surface area (Å²) in [4.78, 5) is 11.2. The fraction of sp³-hybridized carbons (Fsp3) is 0.333. The molecule has 1 aliphatic rings. The Morgan fingerprint density at radius 1 is 1.21 bits per heavy atom. The second-order valence-electron chi connectivity index (χ2n) is 4.91. The molecule has 2 aromatic rings. The van der Waals surface area contributed by atoms with Crippen LogP contribution in [0.1, 0.15) is 22.6 Å².